The minimum Gasteiger partial charge on any atom is -0.324 e. The van der Waals surface area contributed by atoms with Gasteiger partial charge in [-0.2, -0.15) is 0 Å². The van der Waals surface area contributed by atoms with Crippen molar-refractivity contribution in [2.24, 2.45) is 5.73 Å². The highest BCUT2D eigenvalue weighted by molar-refractivity contribution is 5.20. The van der Waals surface area contributed by atoms with Crippen LogP contribution < -0.4 is 5.73 Å². The van der Waals surface area contributed by atoms with Gasteiger partial charge in [0.1, 0.15) is 5.82 Å². The highest BCUT2D eigenvalue weighted by Crippen LogP contribution is 2.18. The molecule has 0 fully saturated rings. The monoisotopic (exact) mass is 287 g/mol. The topological polar surface area (TPSA) is 42.1 Å². The van der Waals surface area contributed by atoms with Gasteiger partial charge in [-0.05, 0) is 31.2 Å². The van der Waals surface area contributed by atoms with Gasteiger partial charge in [-0.15, -0.1) is 0 Å². The summed E-state index contributed by atoms with van der Waals surface area (Å²) in [5.74, 6) is -0.224. The average molecular weight is 287 g/mol. The summed E-state index contributed by atoms with van der Waals surface area (Å²) in [6.45, 7) is 4.64. The first-order valence-electron chi connectivity index (χ1n) is 7.33. The van der Waals surface area contributed by atoms with Crippen molar-refractivity contribution >= 4 is 0 Å². The standard InChI is InChI=1S/C17H22FN3/c1-2-21(13-14-7-5-6-11-20-14)12-10-17(19)15-8-3-4-9-16(15)18/h3-9,11,17H,2,10,12-13,19H2,1H3. The summed E-state index contributed by atoms with van der Waals surface area (Å²) in [5, 5.41) is 0. The number of nitrogens with two attached hydrogens (primary N) is 1. The maximum absolute atomic E-state index is 13.7. The second-order valence-electron chi connectivity index (χ2n) is 5.11. The predicted octanol–water partition coefficient (Wildman–Crippen LogP) is 3.13. The van der Waals surface area contributed by atoms with Crippen molar-refractivity contribution in [2.45, 2.75) is 25.9 Å². The van der Waals surface area contributed by atoms with E-state index in [0.717, 1.165) is 31.7 Å². The molecule has 0 saturated carbocycles. The van der Waals surface area contributed by atoms with Crippen LogP contribution in [-0.2, 0) is 6.54 Å². The average Bonchev–Trinajstić information content (AvgIpc) is 2.52. The Morgan fingerprint density at radius 1 is 1.19 bits per heavy atom. The zero-order valence-corrected chi connectivity index (χ0v) is 12.4. The summed E-state index contributed by atoms with van der Waals surface area (Å²) in [5.41, 5.74) is 7.74. The maximum atomic E-state index is 13.7. The van der Waals surface area contributed by atoms with Crippen molar-refractivity contribution in [3.63, 3.8) is 0 Å². The van der Waals surface area contributed by atoms with Crippen LogP contribution in [0.1, 0.15) is 30.6 Å². The Hall–Kier alpha value is -1.78. The SMILES string of the molecule is CCN(CCC(N)c1ccccc1F)Cc1ccccn1. The molecule has 1 atom stereocenters. The molecule has 2 aromatic rings. The highest BCUT2D eigenvalue weighted by atomic mass is 19.1. The fourth-order valence-corrected chi connectivity index (χ4v) is 2.32. The first kappa shape index (κ1) is 15.6. The smallest absolute Gasteiger partial charge is 0.127 e. The van der Waals surface area contributed by atoms with Gasteiger partial charge in [0.25, 0.3) is 0 Å². The van der Waals surface area contributed by atoms with Crippen LogP contribution in [0.25, 0.3) is 0 Å². The van der Waals surface area contributed by atoms with Gasteiger partial charge in [-0.3, -0.25) is 9.88 Å². The fourth-order valence-electron chi connectivity index (χ4n) is 2.32. The van der Waals surface area contributed by atoms with Crippen molar-refractivity contribution in [3.8, 4) is 0 Å². The van der Waals surface area contributed by atoms with E-state index >= 15 is 0 Å². The van der Waals surface area contributed by atoms with E-state index in [0.29, 0.717) is 5.56 Å². The summed E-state index contributed by atoms with van der Waals surface area (Å²) in [6.07, 6.45) is 2.52. The number of pyridine rings is 1. The van der Waals surface area contributed by atoms with Crippen LogP contribution in [0.4, 0.5) is 4.39 Å². The number of hydrogen-bond acceptors (Lipinski definition) is 3. The summed E-state index contributed by atoms with van der Waals surface area (Å²) in [7, 11) is 0. The van der Waals surface area contributed by atoms with Gasteiger partial charge >= 0.3 is 0 Å². The van der Waals surface area contributed by atoms with Crippen molar-refractivity contribution in [1.29, 1.82) is 0 Å². The van der Waals surface area contributed by atoms with Gasteiger partial charge in [-0.1, -0.05) is 31.2 Å². The maximum Gasteiger partial charge on any atom is 0.127 e. The summed E-state index contributed by atoms with van der Waals surface area (Å²) in [4.78, 5) is 6.60. The first-order valence-corrected chi connectivity index (χ1v) is 7.33. The molecule has 2 N–H and O–H groups in total. The summed E-state index contributed by atoms with van der Waals surface area (Å²) in [6, 6.07) is 12.4. The minimum atomic E-state index is -0.274. The molecular weight excluding hydrogens is 265 g/mol. The van der Waals surface area contributed by atoms with Gasteiger partial charge in [-0.25, -0.2) is 4.39 Å². The van der Waals surface area contributed by atoms with Gasteiger partial charge in [0, 0.05) is 30.9 Å². The molecule has 0 bridgehead atoms. The zero-order valence-electron chi connectivity index (χ0n) is 12.4. The highest BCUT2D eigenvalue weighted by Gasteiger charge is 2.12. The molecule has 4 heteroatoms. The van der Waals surface area contributed by atoms with Crippen LogP contribution in [-0.4, -0.2) is 23.0 Å². The third-order valence-corrected chi connectivity index (χ3v) is 3.62. The molecule has 0 spiro atoms. The minimum absolute atomic E-state index is 0.224. The number of nitrogens with zero attached hydrogens (tertiary/aromatic N) is 2. The quantitative estimate of drug-likeness (QED) is 0.850. The molecule has 21 heavy (non-hydrogen) atoms. The molecule has 0 aliphatic heterocycles. The molecule has 0 aliphatic carbocycles. The van der Waals surface area contributed by atoms with Crippen LogP contribution >= 0.6 is 0 Å². The lowest BCUT2D eigenvalue weighted by atomic mass is 10.0. The predicted molar refractivity (Wildman–Crippen MR) is 83.1 cm³/mol. The Balaban J connectivity index is 1.90. The molecular formula is C17H22FN3. The molecule has 0 saturated heterocycles. The van der Waals surface area contributed by atoms with E-state index in [1.165, 1.54) is 6.07 Å². The van der Waals surface area contributed by atoms with Crippen molar-refractivity contribution in [1.82, 2.24) is 9.88 Å². The van der Waals surface area contributed by atoms with Gasteiger partial charge in [0.15, 0.2) is 0 Å². The molecule has 3 nitrogen and oxygen atoms in total. The van der Waals surface area contributed by atoms with Crippen molar-refractivity contribution < 1.29 is 4.39 Å². The third-order valence-electron chi connectivity index (χ3n) is 3.62. The second-order valence-corrected chi connectivity index (χ2v) is 5.11. The van der Waals surface area contributed by atoms with Crippen molar-refractivity contribution in [3.05, 3.63) is 65.7 Å². The van der Waals surface area contributed by atoms with Crippen LogP contribution in [0.5, 0.6) is 0 Å². The summed E-state index contributed by atoms with van der Waals surface area (Å²) < 4.78 is 13.7. The van der Waals surface area contributed by atoms with Gasteiger partial charge < -0.3 is 5.73 Å². The van der Waals surface area contributed by atoms with E-state index < -0.39 is 0 Å². The molecule has 112 valence electrons. The largest absolute Gasteiger partial charge is 0.324 e. The number of rotatable bonds is 7. The van der Waals surface area contributed by atoms with Crippen LogP contribution in [0.2, 0.25) is 0 Å². The lowest BCUT2D eigenvalue weighted by molar-refractivity contribution is 0.264. The van der Waals surface area contributed by atoms with E-state index in [4.69, 9.17) is 5.73 Å². The van der Waals surface area contributed by atoms with Crippen molar-refractivity contribution in [2.75, 3.05) is 13.1 Å². The summed E-state index contributed by atoms with van der Waals surface area (Å²) >= 11 is 0. The number of halogens is 1. The van der Waals surface area contributed by atoms with E-state index in [2.05, 4.69) is 16.8 Å². The van der Waals surface area contributed by atoms with E-state index in [9.17, 15) is 4.39 Å². The fraction of sp³-hybridized carbons (Fsp3) is 0.353. The molecule has 0 amide bonds. The normalized spacial score (nSPS) is 12.6. The molecule has 0 aliphatic rings. The Morgan fingerprint density at radius 3 is 2.62 bits per heavy atom. The second kappa shape index (κ2) is 7.86. The van der Waals surface area contributed by atoms with E-state index in [1.807, 2.05) is 24.3 Å². The number of aromatic nitrogens is 1. The van der Waals surface area contributed by atoms with Gasteiger partial charge in [0.2, 0.25) is 0 Å². The molecule has 1 unspecified atom stereocenters. The van der Waals surface area contributed by atoms with E-state index in [1.54, 1.807) is 18.3 Å². The third kappa shape index (κ3) is 4.62. The van der Waals surface area contributed by atoms with E-state index in [-0.39, 0.29) is 11.9 Å². The molecule has 1 aromatic carbocycles. The Bertz CT molecular complexity index is 545. The molecule has 2 rings (SSSR count). The molecule has 1 heterocycles. The number of benzene rings is 1. The Morgan fingerprint density at radius 2 is 1.95 bits per heavy atom. The molecule has 1 aromatic heterocycles. The van der Waals surface area contributed by atoms with Gasteiger partial charge in [0.05, 0.1) is 5.69 Å². The van der Waals surface area contributed by atoms with Crippen LogP contribution in [0.3, 0.4) is 0 Å². The van der Waals surface area contributed by atoms with Crippen LogP contribution in [0.15, 0.2) is 48.7 Å². The lowest BCUT2D eigenvalue weighted by Crippen LogP contribution is -2.27. The molecule has 0 radical (unpaired) electrons. The van der Waals surface area contributed by atoms with Crippen LogP contribution in [0, 0.1) is 5.82 Å². The number of hydrogen-bond donors (Lipinski definition) is 1. The first-order chi connectivity index (χ1) is 10.2. The lowest BCUT2D eigenvalue weighted by Gasteiger charge is -2.22. The zero-order chi connectivity index (χ0) is 15.1. The Kier molecular flexibility index (Phi) is 5.84. The Labute approximate surface area is 125 Å².